The molecule has 5 heteroatoms. The SMILES string of the molecule is CN(C)C(CNC(=O)CCC(C)(C)CCN)c1cccs1. The minimum Gasteiger partial charge on any atom is -0.354 e. The Morgan fingerprint density at radius 1 is 1.43 bits per heavy atom. The van der Waals surface area contributed by atoms with Crippen LogP contribution in [0.3, 0.4) is 0 Å². The number of thiophene rings is 1. The van der Waals surface area contributed by atoms with Gasteiger partial charge in [0, 0.05) is 17.8 Å². The minimum absolute atomic E-state index is 0.128. The van der Waals surface area contributed by atoms with Gasteiger partial charge >= 0.3 is 0 Å². The van der Waals surface area contributed by atoms with Crippen LogP contribution in [0.2, 0.25) is 0 Å². The average molecular weight is 311 g/mol. The van der Waals surface area contributed by atoms with E-state index in [2.05, 4.69) is 35.5 Å². The third kappa shape index (κ3) is 6.59. The van der Waals surface area contributed by atoms with E-state index in [1.54, 1.807) is 11.3 Å². The molecule has 4 nitrogen and oxygen atoms in total. The lowest BCUT2D eigenvalue weighted by Gasteiger charge is -2.25. The standard InChI is InChI=1S/C16H29N3OS/c1-16(2,9-10-17)8-7-15(20)18-12-13(19(3)4)14-6-5-11-21-14/h5-6,11,13H,7-10,12,17H2,1-4H3,(H,18,20). The van der Waals surface area contributed by atoms with E-state index < -0.39 is 0 Å². The van der Waals surface area contributed by atoms with Crippen molar-refractivity contribution < 1.29 is 4.79 Å². The lowest BCUT2D eigenvalue weighted by Crippen LogP contribution is -2.34. The first-order valence-corrected chi connectivity index (χ1v) is 8.40. The van der Waals surface area contributed by atoms with E-state index in [-0.39, 0.29) is 17.4 Å². The molecule has 21 heavy (non-hydrogen) atoms. The lowest BCUT2D eigenvalue weighted by atomic mass is 9.84. The van der Waals surface area contributed by atoms with Crippen LogP contribution in [0.15, 0.2) is 17.5 Å². The van der Waals surface area contributed by atoms with Crippen LogP contribution >= 0.6 is 11.3 Å². The first-order valence-electron chi connectivity index (χ1n) is 7.52. The highest BCUT2D eigenvalue weighted by Gasteiger charge is 2.20. The summed E-state index contributed by atoms with van der Waals surface area (Å²) in [6.07, 6.45) is 2.40. The Labute approximate surface area is 132 Å². The van der Waals surface area contributed by atoms with Crippen molar-refractivity contribution in [3.05, 3.63) is 22.4 Å². The van der Waals surface area contributed by atoms with Gasteiger partial charge in [-0.2, -0.15) is 0 Å². The second kappa shape index (κ2) is 8.51. The van der Waals surface area contributed by atoms with Gasteiger partial charge in [0.25, 0.3) is 0 Å². The number of carbonyl (C=O) groups excluding carboxylic acids is 1. The Morgan fingerprint density at radius 3 is 2.67 bits per heavy atom. The van der Waals surface area contributed by atoms with Gasteiger partial charge in [-0.3, -0.25) is 4.79 Å². The van der Waals surface area contributed by atoms with E-state index >= 15 is 0 Å². The van der Waals surface area contributed by atoms with Crippen LogP contribution in [-0.2, 0) is 4.79 Å². The van der Waals surface area contributed by atoms with Crippen LogP contribution in [0.25, 0.3) is 0 Å². The summed E-state index contributed by atoms with van der Waals surface area (Å²) in [6.45, 7) is 5.67. The highest BCUT2D eigenvalue weighted by Crippen LogP contribution is 2.26. The van der Waals surface area contributed by atoms with Crippen LogP contribution in [0.5, 0.6) is 0 Å². The lowest BCUT2D eigenvalue weighted by molar-refractivity contribution is -0.121. The summed E-state index contributed by atoms with van der Waals surface area (Å²) in [5.41, 5.74) is 5.74. The molecule has 0 aliphatic rings. The highest BCUT2D eigenvalue weighted by atomic mass is 32.1. The molecule has 0 fully saturated rings. The van der Waals surface area contributed by atoms with Crippen molar-refractivity contribution in [2.45, 2.75) is 39.2 Å². The maximum Gasteiger partial charge on any atom is 0.220 e. The van der Waals surface area contributed by atoms with Crippen LogP contribution in [0, 0.1) is 5.41 Å². The molecule has 0 radical (unpaired) electrons. The number of likely N-dealkylation sites (N-methyl/N-ethyl adjacent to an activating group) is 1. The molecule has 0 aliphatic carbocycles. The zero-order valence-corrected chi connectivity index (χ0v) is 14.5. The fourth-order valence-corrected chi connectivity index (χ4v) is 3.21. The van der Waals surface area contributed by atoms with Crippen LogP contribution in [0.4, 0.5) is 0 Å². The number of hydrogen-bond donors (Lipinski definition) is 2. The molecule has 0 bridgehead atoms. The highest BCUT2D eigenvalue weighted by molar-refractivity contribution is 7.10. The molecule has 0 saturated carbocycles. The van der Waals surface area contributed by atoms with E-state index in [0.717, 1.165) is 12.8 Å². The van der Waals surface area contributed by atoms with E-state index in [1.807, 2.05) is 20.2 Å². The maximum atomic E-state index is 12.0. The normalized spacial score (nSPS) is 13.4. The molecule has 120 valence electrons. The topological polar surface area (TPSA) is 58.4 Å². The third-order valence-electron chi connectivity index (χ3n) is 3.84. The maximum absolute atomic E-state index is 12.0. The first-order chi connectivity index (χ1) is 9.85. The van der Waals surface area contributed by atoms with Gasteiger partial charge in [0.15, 0.2) is 0 Å². The van der Waals surface area contributed by atoms with Gasteiger partial charge < -0.3 is 16.0 Å². The van der Waals surface area contributed by atoms with Gasteiger partial charge in [-0.25, -0.2) is 0 Å². The number of carbonyl (C=O) groups is 1. The molecule has 0 spiro atoms. The molecule has 1 unspecified atom stereocenters. The largest absolute Gasteiger partial charge is 0.354 e. The van der Waals surface area contributed by atoms with Gasteiger partial charge in [0.1, 0.15) is 0 Å². The molecule has 1 amide bonds. The molecular formula is C16H29N3OS. The van der Waals surface area contributed by atoms with Crippen molar-refractivity contribution >= 4 is 17.2 Å². The fourth-order valence-electron chi connectivity index (χ4n) is 2.29. The molecule has 1 rings (SSSR count). The van der Waals surface area contributed by atoms with Crippen molar-refractivity contribution in [3.63, 3.8) is 0 Å². The Morgan fingerprint density at radius 2 is 2.14 bits per heavy atom. The zero-order valence-electron chi connectivity index (χ0n) is 13.7. The third-order valence-corrected chi connectivity index (χ3v) is 4.81. The quantitative estimate of drug-likeness (QED) is 0.737. The molecule has 1 aromatic heterocycles. The predicted molar refractivity (Wildman–Crippen MR) is 90.4 cm³/mol. The molecule has 0 aromatic carbocycles. The summed E-state index contributed by atoms with van der Waals surface area (Å²) in [7, 11) is 4.09. The molecule has 0 aliphatic heterocycles. The minimum atomic E-state index is 0.128. The summed E-state index contributed by atoms with van der Waals surface area (Å²) in [5, 5.41) is 5.13. The monoisotopic (exact) mass is 311 g/mol. The Hall–Kier alpha value is -0.910. The molecule has 1 aromatic rings. The van der Waals surface area contributed by atoms with Crippen LogP contribution in [0.1, 0.15) is 44.0 Å². The van der Waals surface area contributed by atoms with E-state index in [9.17, 15) is 4.79 Å². The number of hydrogen-bond acceptors (Lipinski definition) is 4. The molecular weight excluding hydrogens is 282 g/mol. The second-order valence-electron chi connectivity index (χ2n) is 6.50. The van der Waals surface area contributed by atoms with E-state index in [1.165, 1.54) is 4.88 Å². The average Bonchev–Trinajstić information content (AvgIpc) is 2.90. The van der Waals surface area contributed by atoms with Gasteiger partial charge in [-0.1, -0.05) is 19.9 Å². The van der Waals surface area contributed by atoms with Gasteiger partial charge in [-0.05, 0) is 50.3 Å². The smallest absolute Gasteiger partial charge is 0.220 e. The Kier molecular flexibility index (Phi) is 7.35. The zero-order chi connectivity index (χ0) is 15.9. The number of nitrogens with two attached hydrogens (primary N) is 1. The van der Waals surface area contributed by atoms with Gasteiger partial charge in [0.05, 0.1) is 6.04 Å². The molecule has 0 saturated heterocycles. The summed E-state index contributed by atoms with van der Waals surface area (Å²) >= 11 is 1.73. The fraction of sp³-hybridized carbons (Fsp3) is 0.688. The van der Waals surface area contributed by atoms with Gasteiger partial charge in [-0.15, -0.1) is 11.3 Å². The van der Waals surface area contributed by atoms with Crippen molar-refractivity contribution in [3.8, 4) is 0 Å². The van der Waals surface area contributed by atoms with Crippen molar-refractivity contribution in [2.24, 2.45) is 11.1 Å². The van der Waals surface area contributed by atoms with Crippen LogP contribution in [-0.4, -0.2) is 38.0 Å². The summed E-state index contributed by atoms with van der Waals surface area (Å²) in [4.78, 5) is 15.5. The van der Waals surface area contributed by atoms with Gasteiger partial charge in [0.2, 0.25) is 5.91 Å². The molecule has 1 atom stereocenters. The van der Waals surface area contributed by atoms with Crippen molar-refractivity contribution in [1.82, 2.24) is 10.2 Å². The van der Waals surface area contributed by atoms with Crippen LogP contribution < -0.4 is 11.1 Å². The Bertz CT molecular complexity index is 415. The molecule has 3 N–H and O–H groups in total. The second-order valence-corrected chi connectivity index (χ2v) is 7.48. The number of amides is 1. The number of nitrogens with zero attached hydrogens (tertiary/aromatic N) is 1. The number of rotatable bonds is 9. The Balaban J connectivity index is 2.41. The number of nitrogens with one attached hydrogen (secondary N) is 1. The van der Waals surface area contributed by atoms with E-state index in [4.69, 9.17) is 5.73 Å². The molecule has 1 heterocycles. The van der Waals surface area contributed by atoms with Crippen molar-refractivity contribution in [1.29, 1.82) is 0 Å². The summed E-state index contributed by atoms with van der Waals surface area (Å²) < 4.78 is 0. The predicted octanol–water partition coefficient (Wildman–Crippen LogP) is 2.62. The summed E-state index contributed by atoms with van der Waals surface area (Å²) in [6, 6.07) is 4.41. The van der Waals surface area contributed by atoms with Crippen molar-refractivity contribution in [2.75, 3.05) is 27.2 Å². The first kappa shape index (κ1) is 18.1. The summed E-state index contributed by atoms with van der Waals surface area (Å²) in [5.74, 6) is 0.128. The van der Waals surface area contributed by atoms with E-state index in [0.29, 0.717) is 19.5 Å².